The summed E-state index contributed by atoms with van der Waals surface area (Å²) < 4.78 is 10.6. The largest absolute Gasteiger partial charge is 0.458 e. The van der Waals surface area contributed by atoms with Crippen LogP contribution in [0.2, 0.25) is 0 Å². The lowest BCUT2D eigenvalue weighted by Gasteiger charge is -2.24. The van der Waals surface area contributed by atoms with E-state index in [0.717, 1.165) is 11.1 Å². The van der Waals surface area contributed by atoms with Crippen LogP contribution < -0.4 is 5.32 Å². The fourth-order valence-corrected chi connectivity index (χ4v) is 2.32. The van der Waals surface area contributed by atoms with Gasteiger partial charge in [0.25, 0.3) is 0 Å². The summed E-state index contributed by atoms with van der Waals surface area (Å²) in [5, 5.41) is 2.62. The monoisotopic (exact) mass is 355 g/mol. The summed E-state index contributed by atoms with van der Waals surface area (Å²) in [5.74, 6) is -0.488. The Morgan fingerprint density at radius 3 is 2.00 bits per heavy atom. The summed E-state index contributed by atoms with van der Waals surface area (Å²) in [6, 6.07) is 18.0. The van der Waals surface area contributed by atoms with Crippen LogP contribution in [0.15, 0.2) is 60.7 Å². The van der Waals surface area contributed by atoms with Gasteiger partial charge in [-0.2, -0.15) is 0 Å². The molecule has 2 aromatic carbocycles. The van der Waals surface area contributed by atoms with E-state index < -0.39 is 23.7 Å². The van der Waals surface area contributed by atoms with Crippen molar-refractivity contribution in [1.29, 1.82) is 0 Å². The van der Waals surface area contributed by atoms with Gasteiger partial charge >= 0.3 is 12.1 Å². The van der Waals surface area contributed by atoms with Crippen molar-refractivity contribution in [2.24, 2.45) is 0 Å². The Morgan fingerprint density at radius 1 is 0.923 bits per heavy atom. The highest BCUT2D eigenvalue weighted by molar-refractivity contribution is 5.82. The van der Waals surface area contributed by atoms with E-state index in [0.29, 0.717) is 6.42 Å². The van der Waals surface area contributed by atoms with Gasteiger partial charge in [0.2, 0.25) is 0 Å². The van der Waals surface area contributed by atoms with Crippen LogP contribution in [-0.2, 0) is 27.3 Å². The molecule has 138 valence electrons. The van der Waals surface area contributed by atoms with Crippen LogP contribution in [0, 0.1) is 0 Å². The Balaban J connectivity index is 2.00. The molecule has 1 N–H and O–H groups in total. The minimum Gasteiger partial charge on any atom is -0.458 e. The van der Waals surface area contributed by atoms with Crippen molar-refractivity contribution in [2.45, 2.75) is 45.4 Å². The Morgan fingerprint density at radius 2 is 1.46 bits per heavy atom. The molecule has 0 saturated heterocycles. The third kappa shape index (κ3) is 6.97. The molecule has 2 rings (SSSR count). The minimum atomic E-state index is -0.820. The zero-order chi connectivity index (χ0) is 19.0. The first kappa shape index (κ1) is 19.5. The van der Waals surface area contributed by atoms with Crippen molar-refractivity contribution in [2.75, 3.05) is 0 Å². The van der Waals surface area contributed by atoms with Gasteiger partial charge in [0, 0.05) is 6.42 Å². The predicted molar refractivity (Wildman–Crippen MR) is 99.5 cm³/mol. The molecule has 0 spiro atoms. The molecule has 2 aromatic rings. The van der Waals surface area contributed by atoms with Crippen molar-refractivity contribution in [3.63, 3.8) is 0 Å². The van der Waals surface area contributed by atoms with Crippen LogP contribution >= 0.6 is 0 Å². The number of hydrogen-bond acceptors (Lipinski definition) is 4. The number of benzene rings is 2. The molecule has 0 saturated carbocycles. The summed E-state index contributed by atoms with van der Waals surface area (Å²) in [5.41, 5.74) is 1.16. The molecular weight excluding hydrogens is 330 g/mol. The highest BCUT2D eigenvalue weighted by Gasteiger charge is 2.27. The van der Waals surface area contributed by atoms with E-state index >= 15 is 0 Å². The smallest absolute Gasteiger partial charge is 0.408 e. The topological polar surface area (TPSA) is 64.6 Å². The Hall–Kier alpha value is -2.82. The SMILES string of the molecule is CC(C)(C)OC(=O)[C@@H](Cc1ccccc1)NC(=O)OCc1ccccc1. The Labute approximate surface area is 154 Å². The molecule has 0 heterocycles. The fraction of sp³-hybridized carbons (Fsp3) is 0.333. The third-order valence-corrected chi connectivity index (χ3v) is 3.48. The first-order chi connectivity index (χ1) is 12.3. The van der Waals surface area contributed by atoms with Gasteiger partial charge in [0.15, 0.2) is 0 Å². The molecule has 0 aliphatic heterocycles. The fourth-order valence-electron chi connectivity index (χ4n) is 2.32. The standard InChI is InChI=1S/C21H25NO4/c1-21(2,3)26-19(23)18(14-16-10-6-4-7-11-16)22-20(24)25-15-17-12-8-5-9-13-17/h4-13,18H,14-15H2,1-3H3,(H,22,24)/t18-/m1/s1. The maximum atomic E-state index is 12.5. The van der Waals surface area contributed by atoms with Gasteiger partial charge in [0.05, 0.1) is 0 Å². The summed E-state index contributed by atoms with van der Waals surface area (Å²) in [4.78, 5) is 24.6. The molecule has 5 nitrogen and oxygen atoms in total. The van der Waals surface area contributed by atoms with Crippen molar-refractivity contribution in [1.82, 2.24) is 5.32 Å². The number of carbonyl (C=O) groups excluding carboxylic acids is 2. The molecule has 1 amide bonds. The number of nitrogens with one attached hydrogen (secondary N) is 1. The summed E-state index contributed by atoms with van der Waals surface area (Å²) in [6.45, 7) is 5.51. The number of alkyl carbamates (subject to hydrolysis) is 1. The van der Waals surface area contributed by atoms with E-state index in [1.54, 1.807) is 20.8 Å². The molecule has 0 aliphatic rings. The average Bonchev–Trinajstić information content (AvgIpc) is 2.60. The van der Waals surface area contributed by atoms with Gasteiger partial charge in [0.1, 0.15) is 18.2 Å². The van der Waals surface area contributed by atoms with Gasteiger partial charge in [-0.3, -0.25) is 0 Å². The van der Waals surface area contributed by atoms with Crippen LogP contribution in [0.5, 0.6) is 0 Å². The second kappa shape index (κ2) is 9.04. The number of ether oxygens (including phenoxy) is 2. The Bertz CT molecular complexity index is 708. The molecule has 0 aromatic heterocycles. The van der Waals surface area contributed by atoms with E-state index in [9.17, 15) is 9.59 Å². The van der Waals surface area contributed by atoms with E-state index in [2.05, 4.69) is 5.32 Å². The van der Waals surface area contributed by atoms with E-state index in [4.69, 9.17) is 9.47 Å². The molecule has 5 heteroatoms. The molecule has 26 heavy (non-hydrogen) atoms. The van der Waals surface area contributed by atoms with Crippen molar-refractivity contribution in [3.8, 4) is 0 Å². The summed E-state index contributed by atoms with van der Waals surface area (Å²) in [6.07, 6.45) is -0.323. The van der Waals surface area contributed by atoms with Crippen LogP contribution in [0.25, 0.3) is 0 Å². The maximum Gasteiger partial charge on any atom is 0.408 e. The zero-order valence-electron chi connectivity index (χ0n) is 15.4. The molecular formula is C21H25NO4. The molecule has 0 bridgehead atoms. The first-order valence-electron chi connectivity index (χ1n) is 8.57. The maximum absolute atomic E-state index is 12.5. The minimum absolute atomic E-state index is 0.138. The highest BCUT2D eigenvalue weighted by atomic mass is 16.6. The molecule has 0 radical (unpaired) electrons. The van der Waals surface area contributed by atoms with Crippen molar-refractivity contribution in [3.05, 3.63) is 71.8 Å². The molecule has 0 fully saturated rings. The van der Waals surface area contributed by atoms with E-state index in [1.165, 1.54) is 0 Å². The van der Waals surface area contributed by atoms with Gasteiger partial charge < -0.3 is 14.8 Å². The second-order valence-electron chi connectivity index (χ2n) is 6.98. The van der Waals surface area contributed by atoms with Crippen molar-refractivity contribution < 1.29 is 19.1 Å². The lowest BCUT2D eigenvalue weighted by atomic mass is 10.1. The van der Waals surface area contributed by atoms with Crippen LogP contribution in [-0.4, -0.2) is 23.7 Å². The first-order valence-corrected chi connectivity index (χ1v) is 8.57. The summed E-state index contributed by atoms with van der Waals surface area (Å²) in [7, 11) is 0. The average molecular weight is 355 g/mol. The lowest BCUT2D eigenvalue weighted by Crippen LogP contribution is -2.45. The van der Waals surface area contributed by atoms with Gasteiger partial charge in [-0.25, -0.2) is 9.59 Å². The van der Waals surface area contributed by atoms with Gasteiger partial charge in [-0.1, -0.05) is 60.7 Å². The number of hydrogen-bond donors (Lipinski definition) is 1. The van der Waals surface area contributed by atoms with Crippen LogP contribution in [0.4, 0.5) is 4.79 Å². The molecule has 0 unspecified atom stereocenters. The predicted octanol–water partition coefficient (Wildman–Crippen LogP) is 3.87. The molecule has 1 atom stereocenters. The third-order valence-electron chi connectivity index (χ3n) is 3.48. The highest BCUT2D eigenvalue weighted by Crippen LogP contribution is 2.12. The van der Waals surface area contributed by atoms with Gasteiger partial charge in [-0.05, 0) is 31.9 Å². The van der Waals surface area contributed by atoms with E-state index in [-0.39, 0.29) is 6.61 Å². The lowest BCUT2D eigenvalue weighted by molar-refractivity contribution is -0.157. The summed E-state index contributed by atoms with van der Waals surface area (Å²) >= 11 is 0. The quantitative estimate of drug-likeness (QED) is 0.799. The normalized spacial score (nSPS) is 12.1. The number of carbonyl (C=O) groups is 2. The number of esters is 1. The van der Waals surface area contributed by atoms with E-state index in [1.807, 2.05) is 60.7 Å². The van der Waals surface area contributed by atoms with Crippen molar-refractivity contribution >= 4 is 12.1 Å². The van der Waals surface area contributed by atoms with Crippen LogP contribution in [0.3, 0.4) is 0 Å². The van der Waals surface area contributed by atoms with Gasteiger partial charge in [-0.15, -0.1) is 0 Å². The zero-order valence-corrected chi connectivity index (χ0v) is 15.4. The van der Waals surface area contributed by atoms with Crippen LogP contribution in [0.1, 0.15) is 31.9 Å². The number of amides is 1. The second-order valence-corrected chi connectivity index (χ2v) is 6.98. The number of rotatable bonds is 6. The molecule has 0 aliphatic carbocycles. The Kier molecular flexibility index (Phi) is 6.78.